The third-order valence-corrected chi connectivity index (χ3v) is 9.57. The number of carbonyl (C=O) groups excluding carboxylic acids is 1. The lowest BCUT2D eigenvalue weighted by Crippen LogP contribution is -2.50. The zero-order chi connectivity index (χ0) is 33.8. The van der Waals surface area contributed by atoms with Crippen molar-refractivity contribution in [3.8, 4) is 17.1 Å². The Balaban J connectivity index is 1.43. The average Bonchev–Trinajstić information content (AvgIpc) is 3.60. The van der Waals surface area contributed by atoms with Gasteiger partial charge in [-0.1, -0.05) is 18.2 Å². The van der Waals surface area contributed by atoms with Gasteiger partial charge in [0.2, 0.25) is 5.88 Å². The summed E-state index contributed by atoms with van der Waals surface area (Å²) in [6, 6.07) is 9.67. The van der Waals surface area contributed by atoms with E-state index < -0.39 is 11.4 Å². The van der Waals surface area contributed by atoms with Crippen molar-refractivity contribution in [2.75, 3.05) is 37.4 Å². The zero-order valence-corrected chi connectivity index (χ0v) is 28.5. The quantitative estimate of drug-likeness (QED) is 0.199. The molecule has 47 heavy (non-hydrogen) atoms. The molecule has 12 heteroatoms. The topological polar surface area (TPSA) is 128 Å². The number of nitrogens with two attached hydrogens (primary N) is 2. The molecule has 2 aliphatic rings. The Bertz CT molecular complexity index is 1810. The van der Waals surface area contributed by atoms with E-state index >= 15 is 4.39 Å². The number of para-hydroxylation sites is 1. The molecule has 2 aliphatic heterocycles. The highest BCUT2D eigenvalue weighted by molar-refractivity contribution is 6.04. The first-order chi connectivity index (χ1) is 22.2. The Labute approximate surface area is 275 Å². The summed E-state index contributed by atoms with van der Waals surface area (Å²) in [5, 5.41) is 7.69. The number of hydrogen-bond donors (Lipinski definition) is 2. The number of aromatic nitrogens is 3. The number of halogens is 1. The summed E-state index contributed by atoms with van der Waals surface area (Å²) in [5.41, 5.74) is 9.63. The number of rotatable bonds is 6. The molecule has 2 aromatic heterocycles. The molecule has 0 saturated carbocycles. The van der Waals surface area contributed by atoms with Crippen molar-refractivity contribution in [2.45, 2.75) is 84.1 Å². The van der Waals surface area contributed by atoms with E-state index in [1.54, 1.807) is 14.6 Å². The van der Waals surface area contributed by atoms with Crippen LogP contribution in [0.15, 0.2) is 30.3 Å². The second-order valence-corrected chi connectivity index (χ2v) is 14.1. The van der Waals surface area contributed by atoms with Crippen molar-refractivity contribution in [1.29, 1.82) is 0 Å². The van der Waals surface area contributed by atoms with E-state index in [4.69, 9.17) is 31.1 Å². The number of ether oxygens (including phenoxy) is 2. The lowest BCUT2D eigenvalue weighted by atomic mass is 9.97. The summed E-state index contributed by atoms with van der Waals surface area (Å²) in [4.78, 5) is 21.5. The summed E-state index contributed by atoms with van der Waals surface area (Å²) in [6.07, 6.45) is 2.65. The number of piperidine rings is 1. The summed E-state index contributed by atoms with van der Waals surface area (Å²) < 4.78 is 30.8. The first kappa shape index (κ1) is 32.8. The molecule has 6 rings (SSSR count). The van der Waals surface area contributed by atoms with Crippen LogP contribution in [0.3, 0.4) is 0 Å². The summed E-state index contributed by atoms with van der Waals surface area (Å²) in [5.74, 6) is 6.57. The molecular weight excluding hydrogens is 599 g/mol. The molecule has 1 amide bonds. The number of nitrogens with zero attached hydrogens (tertiary/aromatic N) is 6. The number of likely N-dealkylation sites (tertiary alicyclic amines) is 2. The number of nitrogen functional groups attached to an aromatic ring is 1. The van der Waals surface area contributed by atoms with Gasteiger partial charge in [-0.25, -0.2) is 20.0 Å². The first-order valence-corrected chi connectivity index (χ1v) is 16.5. The molecule has 0 aliphatic carbocycles. The predicted molar refractivity (Wildman–Crippen MR) is 184 cm³/mol. The van der Waals surface area contributed by atoms with E-state index in [0.29, 0.717) is 53.8 Å². The Morgan fingerprint density at radius 3 is 2.47 bits per heavy atom. The van der Waals surface area contributed by atoms with Crippen LogP contribution in [-0.4, -0.2) is 81.1 Å². The molecule has 2 aromatic carbocycles. The summed E-state index contributed by atoms with van der Waals surface area (Å²) >= 11 is 0. The monoisotopic (exact) mass is 646 g/mol. The second kappa shape index (κ2) is 12.5. The number of fused-ring (bicyclic) bond motifs is 2. The van der Waals surface area contributed by atoms with Gasteiger partial charge in [-0.3, -0.25) is 9.58 Å². The lowest BCUT2D eigenvalue weighted by molar-refractivity contribution is 0.0204. The van der Waals surface area contributed by atoms with Gasteiger partial charge < -0.3 is 25.1 Å². The van der Waals surface area contributed by atoms with Crippen LogP contribution in [0.1, 0.15) is 58.9 Å². The van der Waals surface area contributed by atoms with Gasteiger partial charge >= 0.3 is 6.09 Å². The Hall–Kier alpha value is -4.16. The van der Waals surface area contributed by atoms with Gasteiger partial charge in [0.15, 0.2) is 5.82 Å². The fourth-order valence-corrected chi connectivity index (χ4v) is 7.14. The van der Waals surface area contributed by atoms with Crippen molar-refractivity contribution in [3.63, 3.8) is 0 Å². The lowest BCUT2D eigenvalue weighted by Gasteiger charge is -2.38. The SMILES string of the molecule is Cc1cc2c(N(N)C3CCN(C(=O)OC(C)(C)C)CC3)c(N)c(O[C@@H](C)C3CCCN3C)nc2c(F)c1-c1nn(C)c2ccccc12. The third-order valence-electron chi connectivity index (χ3n) is 9.57. The highest BCUT2D eigenvalue weighted by atomic mass is 19.1. The minimum Gasteiger partial charge on any atom is -0.471 e. The molecule has 0 bridgehead atoms. The minimum atomic E-state index is -0.582. The number of aryl methyl sites for hydroxylation is 2. The zero-order valence-electron chi connectivity index (χ0n) is 28.5. The molecule has 4 aromatic rings. The van der Waals surface area contributed by atoms with Gasteiger partial charge in [-0.05, 0) is 91.6 Å². The summed E-state index contributed by atoms with van der Waals surface area (Å²) in [7, 11) is 3.93. The van der Waals surface area contributed by atoms with Gasteiger partial charge in [0.25, 0.3) is 0 Å². The van der Waals surface area contributed by atoms with Gasteiger partial charge in [0.1, 0.15) is 28.6 Å². The van der Waals surface area contributed by atoms with Crippen molar-refractivity contribution >= 4 is 39.3 Å². The van der Waals surface area contributed by atoms with E-state index in [0.717, 1.165) is 30.3 Å². The number of benzene rings is 2. The van der Waals surface area contributed by atoms with Crippen molar-refractivity contribution in [2.24, 2.45) is 12.9 Å². The van der Waals surface area contributed by atoms with E-state index in [1.165, 1.54) is 0 Å². The maximum Gasteiger partial charge on any atom is 0.410 e. The van der Waals surface area contributed by atoms with E-state index in [1.807, 2.05) is 72.0 Å². The average molecular weight is 647 g/mol. The molecule has 4 heterocycles. The number of pyridine rings is 1. The molecule has 0 radical (unpaired) electrons. The molecular formula is C35H47FN8O3. The highest BCUT2D eigenvalue weighted by Gasteiger charge is 2.34. The largest absolute Gasteiger partial charge is 0.471 e. The fourth-order valence-electron chi connectivity index (χ4n) is 7.14. The minimum absolute atomic E-state index is 0.119. The molecule has 2 fully saturated rings. The number of carbonyl (C=O) groups is 1. The van der Waals surface area contributed by atoms with E-state index in [2.05, 4.69) is 11.9 Å². The molecule has 2 atom stereocenters. The van der Waals surface area contributed by atoms with Crippen LogP contribution >= 0.6 is 0 Å². The Morgan fingerprint density at radius 1 is 1.11 bits per heavy atom. The molecule has 4 N–H and O–H groups in total. The van der Waals surface area contributed by atoms with Gasteiger partial charge in [0, 0.05) is 48.6 Å². The Kier molecular flexibility index (Phi) is 8.69. The number of anilines is 2. The normalized spacial score (nSPS) is 18.7. The molecule has 252 valence electrons. The van der Waals surface area contributed by atoms with Crippen LogP contribution in [0.2, 0.25) is 0 Å². The van der Waals surface area contributed by atoms with Crippen LogP contribution in [0, 0.1) is 12.7 Å². The number of likely N-dealkylation sites (N-methyl/N-ethyl adjacent to an activating group) is 1. The van der Waals surface area contributed by atoms with Crippen LogP contribution in [0.5, 0.6) is 5.88 Å². The fraction of sp³-hybridized carbons (Fsp3) is 0.514. The number of amides is 1. The second-order valence-electron chi connectivity index (χ2n) is 14.1. The number of hydrogen-bond acceptors (Lipinski definition) is 9. The maximum absolute atomic E-state index is 17.0. The molecule has 2 saturated heterocycles. The van der Waals surface area contributed by atoms with Gasteiger partial charge in [-0.15, -0.1) is 0 Å². The first-order valence-electron chi connectivity index (χ1n) is 16.5. The van der Waals surface area contributed by atoms with Crippen molar-refractivity contribution in [1.82, 2.24) is 24.6 Å². The predicted octanol–water partition coefficient (Wildman–Crippen LogP) is 5.76. The highest BCUT2D eigenvalue weighted by Crippen LogP contribution is 2.44. The number of hydrazine groups is 1. The standard InChI is InChI=1S/C35H47FN8O3/c1-20-19-24-31(28(36)27(20)30-23-11-8-9-12-26(23)42(7)40-30)39-33(46-21(2)25-13-10-16-41(25)6)29(37)32(24)44(38)22-14-17-43(18-15-22)34(45)47-35(3,4)5/h8-9,11-12,19,21-22,25H,10,13-18,37-38H2,1-7H3/t21-,25?/m0/s1. The summed E-state index contributed by atoms with van der Waals surface area (Å²) in [6.45, 7) is 11.3. The van der Waals surface area contributed by atoms with Gasteiger partial charge in [0.05, 0.1) is 11.2 Å². The maximum atomic E-state index is 17.0. The van der Waals surface area contributed by atoms with Gasteiger partial charge in [-0.2, -0.15) is 5.10 Å². The van der Waals surface area contributed by atoms with Crippen LogP contribution in [0.25, 0.3) is 33.1 Å². The van der Waals surface area contributed by atoms with E-state index in [9.17, 15) is 4.79 Å². The smallest absolute Gasteiger partial charge is 0.410 e. The van der Waals surface area contributed by atoms with Crippen LogP contribution < -0.4 is 21.3 Å². The van der Waals surface area contributed by atoms with E-state index in [-0.39, 0.29) is 41.4 Å². The van der Waals surface area contributed by atoms with Crippen molar-refractivity contribution < 1.29 is 18.7 Å². The van der Waals surface area contributed by atoms with Crippen molar-refractivity contribution in [3.05, 3.63) is 41.7 Å². The van der Waals surface area contributed by atoms with Crippen LogP contribution in [0.4, 0.5) is 20.6 Å². The van der Waals surface area contributed by atoms with Crippen LogP contribution in [-0.2, 0) is 11.8 Å². The molecule has 0 spiro atoms. The molecule has 1 unspecified atom stereocenters. The molecule has 11 nitrogen and oxygen atoms in total. The Morgan fingerprint density at radius 2 is 1.81 bits per heavy atom. The third kappa shape index (κ3) is 6.16.